The van der Waals surface area contributed by atoms with Gasteiger partial charge in [-0.05, 0) is 70.3 Å². The lowest BCUT2D eigenvalue weighted by atomic mass is 10.1. The molecular weight excluding hydrogens is 378 g/mol. The van der Waals surface area contributed by atoms with E-state index in [4.69, 9.17) is 0 Å². The molecule has 1 aromatic carbocycles. The summed E-state index contributed by atoms with van der Waals surface area (Å²) in [5.74, 6) is -0.286. The molecule has 1 aliphatic rings. The Hall–Kier alpha value is -2.93. The van der Waals surface area contributed by atoms with Crippen LogP contribution in [0, 0.1) is 0 Å². The minimum atomic E-state index is -0.286. The molecule has 1 aliphatic heterocycles. The van der Waals surface area contributed by atoms with Crippen LogP contribution in [0.1, 0.15) is 31.7 Å². The number of likely N-dealkylation sites (tertiary alicyclic amines) is 1. The van der Waals surface area contributed by atoms with E-state index in [1.54, 1.807) is 18.2 Å². The van der Waals surface area contributed by atoms with Gasteiger partial charge >= 0.3 is 0 Å². The predicted molar refractivity (Wildman–Crippen MR) is 125 cm³/mol. The van der Waals surface area contributed by atoms with Gasteiger partial charge in [0.05, 0.1) is 12.3 Å². The molecule has 7 heteroatoms. The van der Waals surface area contributed by atoms with Crippen LogP contribution in [0.4, 0.5) is 11.4 Å². The monoisotopic (exact) mass is 411 g/mol. The number of hydrogen-bond acceptors (Lipinski definition) is 5. The fraction of sp³-hybridized carbons (Fsp3) is 0.435. The molecule has 1 aromatic rings. The lowest BCUT2D eigenvalue weighted by Crippen LogP contribution is -2.25. The third-order valence-electron chi connectivity index (χ3n) is 4.80. The van der Waals surface area contributed by atoms with Crippen LogP contribution in [0.2, 0.25) is 0 Å². The molecule has 0 bridgehead atoms. The zero-order valence-corrected chi connectivity index (χ0v) is 18.2. The van der Waals surface area contributed by atoms with E-state index in [0.29, 0.717) is 17.8 Å². The standard InChI is InChI=1S/C23H33N5O2/c1-18(2)21-14-19(9-10-22(21)25-17-29)26-23(30)15-24-20(16-27(3)4)8-7-13-28-11-5-6-12-28/h7,9-10,13-15,17,20H,1,5-6,8,11-12,16H2,2-4H3,(H,25,29)(H,26,30)/b13-7+,24-15?. The maximum absolute atomic E-state index is 12.4. The number of carbonyl (C=O) groups is 2. The molecule has 0 spiro atoms. The zero-order valence-electron chi connectivity index (χ0n) is 18.2. The summed E-state index contributed by atoms with van der Waals surface area (Å²) in [7, 11) is 4.00. The van der Waals surface area contributed by atoms with Gasteiger partial charge in [0.2, 0.25) is 6.41 Å². The van der Waals surface area contributed by atoms with Crippen molar-refractivity contribution in [1.82, 2.24) is 9.80 Å². The summed E-state index contributed by atoms with van der Waals surface area (Å²) in [5.41, 5.74) is 2.84. The Bertz CT molecular complexity index is 795. The molecule has 2 amide bonds. The first-order valence-corrected chi connectivity index (χ1v) is 10.3. The van der Waals surface area contributed by atoms with Crippen LogP contribution in [0.25, 0.3) is 5.57 Å². The smallest absolute Gasteiger partial charge is 0.266 e. The normalized spacial score (nSPS) is 15.1. The van der Waals surface area contributed by atoms with E-state index in [1.807, 2.05) is 21.0 Å². The van der Waals surface area contributed by atoms with Crippen LogP contribution in [0.15, 0.2) is 42.0 Å². The largest absolute Gasteiger partial charge is 0.378 e. The molecule has 2 rings (SSSR count). The topological polar surface area (TPSA) is 77.0 Å². The van der Waals surface area contributed by atoms with E-state index in [9.17, 15) is 9.59 Å². The molecule has 1 atom stereocenters. The number of rotatable bonds is 11. The van der Waals surface area contributed by atoms with E-state index >= 15 is 0 Å². The number of nitrogens with zero attached hydrogens (tertiary/aromatic N) is 3. The summed E-state index contributed by atoms with van der Waals surface area (Å²) in [5, 5.41) is 5.47. The van der Waals surface area contributed by atoms with Gasteiger partial charge < -0.3 is 20.4 Å². The molecule has 30 heavy (non-hydrogen) atoms. The van der Waals surface area contributed by atoms with Crippen LogP contribution in [-0.4, -0.2) is 68.1 Å². The summed E-state index contributed by atoms with van der Waals surface area (Å²) in [6, 6.07) is 5.27. The maximum atomic E-state index is 12.4. The second-order valence-electron chi connectivity index (χ2n) is 7.85. The SMILES string of the molecule is C=C(C)c1cc(NC(=O)C=NC(C/C=C/N2CCCC2)CN(C)C)ccc1NC=O. The van der Waals surface area contributed by atoms with Crippen molar-refractivity contribution in [3.05, 3.63) is 42.6 Å². The second-order valence-corrected chi connectivity index (χ2v) is 7.85. The van der Waals surface area contributed by atoms with Crippen LogP contribution in [0.5, 0.6) is 0 Å². The molecule has 0 saturated carbocycles. The molecule has 2 N–H and O–H groups in total. The molecule has 1 saturated heterocycles. The number of carbonyl (C=O) groups excluding carboxylic acids is 2. The lowest BCUT2D eigenvalue weighted by Gasteiger charge is -2.17. The van der Waals surface area contributed by atoms with Gasteiger partial charge in [0, 0.05) is 36.6 Å². The minimum Gasteiger partial charge on any atom is -0.378 e. The van der Waals surface area contributed by atoms with Crippen molar-refractivity contribution in [2.24, 2.45) is 4.99 Å². The van der Waals surface area contributed by atoms with Crippen molar-refractivity contribution in [3.63, 3.8) is 0 Å². The molecule has 0 aromatic heterocycles. The fourth-order valence-corrected chi connectivity index (χ4v) is 3.37. The Morgan fingerprint density at radius 3 is 2.70 bits per heavy atom. The van der Waals surface area contributed by atoms with Gasteiger partial charge in [-0.2, -0.15) is 0 Å². The fourth-order valence-electron chi connectivity index (χ4n) is 3.37. The number of hydrogen-bond donors (Lipinski definition) is 2. The average molecular weight is 412 g/mol. The molecule has 162 valence electrons. The molecule has 0 radical (unpaired) electrons. The Kier molecular flexibility index (Phi) is 9.28. The van der Waals surface area contributed by atoms with Gasteiger partial charge in [0.25, 0.3) is 5.91 Å². The first-order chi connectivity index (χ1) is 14.4. The van der Waals surface area contributed by atoms with E-state index in [2.05, 4.69) is 44.3 Å². The number of allylic oxidation sites excluding steroid dienone is 1. The Balaban J connectivity index is 1.99. The van der Waals surface area contributed by atoms with Gasteiger partial charge in [-0.3, -0.25) is 14.6 Å². The second kappa shape index (κ2) is 11.9. The van der Waals surface area contributed by atoms with Gasteiger partial charge in [-0.1, -0.05) is 12.7 Å². The van der Waals surface area contributed by atoms with E-state index < -0.39 is 0 Å². The van der Waals surface area contributed by atoms with Crippen molar-refractivity contribution in [3.8, 4) is 0 Å². The number of nitrogens with one attached hydrogen (secondary N) is 2. The maximum Gasteiger partial charge on any atom is 0.266 e. The predicted octanol–water partition coefficient (Wildman–Crippen LogP) is 3.23. The highest BCUT2D eigenvalue weighted by Crippen LogP contribution is 2.25. The van der Waals surface area contributed by atoms with Gasteiger partial charge in [0.1, 0.15) is 0 Å². The molecule has 0 aliphatic carbocycles. The van der Waals surface area contributed by atoms with Crippen LogP contribution in [0.3, 0.4) is 0 Å². The van der Waals surface area contributed by atoms with Crippen molar-refractivity contribution in [1.29, 1.82) is 0 Å². The average Bonchev–Trinajstić information content (AvgIpc) is 3.20. The Labute approximate surface area is 179 Å². The summed E-state index contributed by atoms with van der Waals surface area (Å²) >= 11 is 0. The van der Waals surface area contributed by atoms with Crippen LogP contribution in [-0.2, 0) is 9.59 Å². The molecular formula is C23H33N5O2. The Morgan fingerprint density at radius 2 is 2.07 bits per heavy atom. The molecule has 7 nitrogen and oxygen atoms in total. The number of benzene rings is 1. The van der Waals surface area contributed by atoms with Gasteiger partial charge in [-0.25, -0.2) is 0 Å². The van der Waals surface area contributed by atoms with E-state index in [0.717, 1.165) is 37.2 Å². The number of amides is 2. The Morgan fingerprint density at radius 1 is 1.33 bits per heavy atom. The first kappa shape index (κ1) is 23.3. The number of anilines is 2. The highest BCUT2D eigenvalue weighted by molar-refractivity contribution is 6.31. The number of likely N-dealkylation sites (N-methyl/N-ethyl adjacent to an activating group) is 1. The molecule has 1 unspecified atom stereocenters. The highest BCUT2D eigenvalue weighted by atomic mass is 16.1. The van der Waals surface area contributed by atoms with Gasteiger partial charge in [-0.15, -0.1) is 0 Å². The first-order valence-electron chi connectivity index (χ1n) is 10.3. The summed E-state index contributed by atoms with van der Waals surface area (Å²) < 4.78 is 0. The van der Waals surface area contributed by atoms with Crippen LogP contribution >= 0.6 is 0 Å². The van der Waals surface area contributed by atoms with E-state index in [1.165, 1.54) is 19.1 Å². The lowest BCUT2D eigenvalue weighted by molar-refractivity contribution is -0.110. The van der Waals surface area contributed by atoms with Crippen molar-refractivity contribution in [2.75, 3.05) is 44.4 Å². The van der Waals surface area contributed by atoms with Crippen molar-refractivity contribution in [2.45, 2.75) is 32.2 Å². The van der Waals surface area contributed by atoms with Crippen LogP contribution < -0.4 is 10.6 Å². The summed E-state index contributed by atoms with van der Waals surface area (Å²) in [4.78, 5) is 32.0. The zero-order chi connectivity index (χ0) is 21.9. The van der Waals surface area contributed by atoms with E-state index in [-0.39, 0.29) is 11.9 Å². The third kappa shape index (κ3) is 7.83. The highest BCUT2D eigenvalue weighted by Gasteiger charge is 2.10. The molecule has 1 fully saturated rings. The van der Waals surface area contributed by atoms with Gasteiger partial charge in [0.15, 0.2) is 0 Å². The molecule has 1 heterocycles. The number of aliphatic imine (C=N–C) groups is 1. The van der Waals surface area contributed by atoms with Crippen molar-refractivity contribution < 1.29 is 9.59 Å². The summed E-state index contributed by atoms with van der Waals surface area (Å²) in [6.07, 6.45) is 9.56. The third-order valence-corrected chi connectivity index (χ3v) is 4.80. The van der Waals surface area contributed by atoms with Crippen molar-refractivity contribution >= 4 is 35.5 Å². The quantitative estimate of drug-likeness (QED) is 0.433. The minimum absolute atomic E-state index is 0.00903. The summed E-state index contributed by atoms with van der Waals surface area (Å²) in [6.45, 7) is 8.77.